The van der Waals surface area contributed by atoms with Gasteiger partial charge >= 0.3 is 5.97 Å². The summed E-state index contributed by atoms with van der Waals surface area (Å²) in [5.74, 6) is -1.14. The van der Waals surface area contributed by atoms with Gasteiger partial charge in [0.15, 0.2) is 0 Å². The van der Waals surface area contributed by atoms with Crippen LogP contribution in [0.25, 0.3) is 0 Å². The second-order valence-corrected chi connectivity index (χ2v) is 8.21. The van der Waals surface area contributed by atoms with Crippen molar-refractivity contribution in [3.63, 3.8) is 0 Å². The van der Waals surface area contributed by atoms with Crippen molar-refractivity contribution in [1.29, 1.82) is 0 Å². The number of aromatic carboxylic acids is 1. The largest absolute Gasteiger partial charge is 0.478 e. The number of carboxylic acid groups (broad SMARTS) is 1. The Kier molecular flexibility index (Phi) is 6.70. The molecule has 2 aliphatic rings. The Morgan fingerprint density at radius 3 is 2.19 bits per heavy atom. The molecule has 8 heteroatoms. The summed E-state index contributed by atoms with van der Waals surface area (Å²) in [5.41, 5.74) is 1.88. The molecule has 2 saturated heterocycles. The second-order valence-electron chi connectivity index (χ2n) is 8.21. The molecule has 32 heavy (non-hydrogen) atoms. The lowest BCUT2D eigenvalue weighted by Crippen LogP contribution is -2.50. The quantitative estimate of drug-likeness (QED) is 0.722. The number of hydrogen-bond acceptors (Lipinski definition) is 5. The van der Waals surface area contributed by atoms with Crippen LogP contribution in [-0.4, -0.2) is 78.5 Å². The number of piperazine rings is 1. The Balaban J connectivity index is 1.45. The first-order valence-corrected chi connectivity index (χ1v) is 11.0. The van der Waals surface area contributed by atoms with E-state index in [1.54, 1.807) is 36.4 Å². The summed E-state index contributed by atoms with van der Waals surface area (Å²) in [4.78, 5) is 42.9. The van der Waals surface area contributed by atoms with Gasteiger partial charge in [0, 0.05) is 44.8 Å². The third-order valence-electron chi connectivity index (χ3n) is 6.06. The number of hydrogen-bond donors (Lipinski definition) is 2. The van der Waals surface area contributed by atoms with Gasteiger partial charge in [0.05, 0.1) is 23.5 Å². The highest BCUT2D eigenvalue weighted by atomic mass is 16.4. The minimum absolute atomic E-state index is 0.118. The number of carbonyl (C=O) groups is 3. The van der Waals surface area contributed by atoms with E-state index in [2.05, 4.69) is 15.1 Å². The first kappa shape index (κ1) is 21.8. The van der Waals surface area contributed by atoms with E-state index in [0.29, 0.717) is 30.9 Å². The average Bonchev–Trinajstić information content (AvgIpc) is 3.35. The molecule has 0 saturated carbocycles. The molecular formula is C24H28N4O4. The van der Waals surface area contributed by atoms with Crippen molar-refractivity contribution in [1.82, 2.24) is 9.80 Å². The molecule has 2 aromatic carbocycles. The van der Waals surface area contributed by atoms with Crippen molar-refractivity contribution in [2.75, 3.05) is 56.0 Å². The predicted molar refractivity (Wildman–Crippen MR) is 122 cm³/mol. The molecule has 4 rings (SSSR count). The molecule has 2 heterocycles. The first-order chi connectivity index (χ1) is 15.5. The van der Waals surface area contributed by atoms with E-state index < -0.39 is 5.97 Å². The third kappa shape index (κ3) is 5.08. The fourth-order valence-corrected chi connectivity index (χ4v) is 4.23. The summed E-state index contributed by atoms with van der Waals surface area (Å²) in [6.45, 7) is 4.99. The molecule has 2 amide bonds. The van der Waals surface area contributed by atoms with Crippen molar-refractivity contribution in [3.8, 4) is 0 Å². The number of benzene rings is 2. The monoisotopic (exact) mass is 436 g/mol. The van der Waals surface area contributed by atoms with Gasteiger partial charge in [-0.05, 0) is 43.2 Å². The van der Waals surface area contributed by atoms with Crippen LogP contribution in [-0.2, 0) is 4.79 Å². The van der Waals surface area contributed by atoms with E-state index in [9.17, 15) is 19.5 Å². The van der Waals surface area contributed by atoms with Crippen LogP contribution in [0.15, 0.2) is 48.5 Å². The number of nitrogens with zero attached hydrogens (tertiary/aromatic N) is 3. The van der Waals surface area contributed by atoms with Crippen LogP contribution in [0.2, 0.25) is 0 Å². The standard InChI is InChI=1S/C24H28N4O4/c29-22(28-10-4-5-11-28)17-26-12-14-27(15-13-26)21-9-8-19(24(31)32)16-20(21)25-23(30)18-6-2-1-3-7-18/h1-3,6-9,16H,4-5,10-15,17H2,(H,25,30)(H,31,32). The van der Waals surface area contributed by atoms with Gasteiger partial charge in [0.25, 0.3) is 5.91 Å². The maximum Gasteiger partial charge on any atom is 0.335 e. The van der Waals surface area contributed by atoms with Crippen molar-refractivity contribution >= 4 is 29.2 Å². The van der Waals surface area contributed by atoms with Crippen molar-refractivity contribution in [2.45, 2.75) is 12.8 Å². The zero-order valence-corrected chi connectivity index (χ0v) is 18.0. The van der Waals surface area contributed by atoms with E-state index in [-0.39, 0.29) is 17.4 Å². The van der Waals surface area contributed by atoms with Crippen LogP contribution in [0.3, 0.4) is 0 Å². The van der Waals surface area contributed by atoms with Crippen LogP contribution in [0.4, 0.5) is 11.4 Å². The number of carboxylic acids is 1. The maximum absolute atomic E-state index is 12.7. The summed E-state index contributed by atoms with van der Waals surface area (Å²) >= 11 is 0. The minimum atomic E-state index is -1.04. The summed E-state index contributed by atoms with van der Waals surface area (Å²) < 4.78 is 0. The first-order valence-electron chi connectivity index (χ1n) is 11.0. The summed E-state index contributed by atoms with van der Waals surface area (Å²) in [5, 5.41) is 12.3. The normalized spacial score (nSPS) is 16.8. The van der Waals surface area contributed by atoms with Crippen LogP contribution in [0.1, 0.15) is 33.6 Å². The number of rotatable bonds is 6. The summed E-state index contributed by atoms with van der Waals surface area (Å²) in [6, 6.07) is 13.6. The van der Waals surface area contributed by atoms with E-state index >= 15 is 0 Å². The fraction of sp³-hybridized carbons (Fsp3) is 0.375. The zero-order chi connectivity index (χ0) is 22.5. The lowest BCUT2D eigenvalue weighted by atomic mass is 10.1. The Morgan fingerprint density at radius 2 is 1.53 bits per heavy atom. The SMILES string of the molecule is O=C(O)c1ccc(N2CCN(CC(=O)N3CCCC3)CC2)c(NC(=O)c2ccccc2)c1. The fourth-order valence-electron chi connectivity index (χ4n) is 4.23. The Bertz CT molecular complexity index is 981. The molecule has 0 radical (unpaired) electrons. The average molecular weight is 437 g/mol. The van der Waals surface area contributed by atoms with Gasteiger partial charge in [-0.1, -0.05) is 18.2 Å². The van der Waals surface area contributed by atoms with Gasteiger partial charge in [-0.2, -0.15) is 0 Å². The molecule has 2 N–H and O–H groups in total. The predicted octanol–water partition coefficient (Wildman–Crippen LogP) is 2.38. The molecule has 2 aromatic rings. The lowest BCUT2D eigenvalue weighted by molar-refractivity contribution is -0.131. The summed E-state index contributed by atoms with van der Waals surface area (Å²) in [7, 11) is 0. The topological polar surface area (TPSA) is 93.2 Å². The number of anilines is 2. The zero-order valence-electron chi connectivity index (χ0n) is 18.0. The number of nitrogens with one attached hydrogen (secondary N) is 1. The van der Waals surface area contributed by atoms with Crippen LogP contribution in [0, 0.1) is 0 Å². The summed E-state index contributed by atoms with van der Waals surface area (Å²) in [6.07, 6.45) is 2.17. The van der Waals surface area contributed by atoms with E-state index in [1.165, 1.54) is 6.07 Å². The Hall–Kier alpha value is -3.39. The molecule has 0 bridgehead atoms. The van der Waals surface area contributed by atoms with Crippen molar-refractivity contribution in [2.24, 2.45) is 0 Å². The lowest BCUT2D eigenvalue weighted by Gasteiger charge is -2.37. The molecule has 0 aliphatic carbocycles. The smallest absolute Gasteiger partial charge is 0.335 e. The highest BCUT2D eigenvalue weighted by Gasteiger charge is 2.25. The molecule has 2 aliphatic heterocycles. The van der Waals surface area contributed by atoms with Gasteiger partial charge in [0.1, 0.15) is 0 Å². The second kappa shape index (κ2) is 9.82. The highest BCUT2D eigenvalue weighted by molar-refractivity contribution is 6.06. The van der Waals surface area contributed by atoms with Gasteiger partial charge in [0.2, 0.25) is 5.91 Å². The highest BCUT2D eigenvalue weighted by Crippen LogP contribution is 2.29. The van der Waals surface area contributed by atoms with E-state index in [4.69, 9.17) is 0 Å². The number of carbonyl (C=O) groups excluding carboxylic acids is 2. The molecule has 0 spiro atoms. The van der Waals surface area contributed by atoms with E-state index in [0.717, 1.165) is 44.7 Å². The van der Waals surface area contributed by atoms with Crippen LogP contribution >= 0.6 is 0 Å². The van der Waals surface area contributed by atoms with Gasteiger partial charge in [-0.3, -0.25) is 14.5 Å². The number of likely N-dealkylation sites (tertiary alicyclic amines) is 1. The Morgan fingerprint density at radius 1 is 0.844 bits per heavy atom. The van der Waals surface area contributed by atoms with Gasteiger partial charge in [-0.25, -0.2) is 4.79 Å². The molecule has 8 nitrogen and oxygen atoms in total. The van der Waals surface area contributed by atoms with Crippen LogP contribution in [0.5, 0.6) is 0 Å². The molecule has 0 aromatic heterocycles. The van der Waals surface area contributed by atoms with Gasteiger partial charge in [-0.15, -0.1) is 0 Å². The maximum atomic E-state index is 12.7. The molecule has 168 valence electrons. The Labute approximate surface area is 187 Å². The van der Waals surface area contributed by atoms with E-state index in [1.807, 2.05) is 11.0 Å². The van der Waals surface area contributed by atoms with Gasteiger partial charge < -0.3 is 20.2 Å². The molecule has 2 fully saturated rings. The molecule has 0 unspecified atom stereocenters. The van der Waals surface area contributed by atoms with Crippen molar-refractivity contribution < 1.29 is 19.5 Å². The number of amides is 2. The third-order valence-corrected chi connectivity index (χ3v) is 6.06. The minimum Gasteiger partial charge on any atom is -0.478 e. The molecular weight excluding hydrogens is 408 g/mol. The molecule has 0 atom stereocenters. The van der Waals surface area contributed by atoms with Crippen molar-refractivity contribution in [3.05, 3.63) is 59.7 Å². The van der Waals surface area contributed by atoms with Crippen LogP contribution < -0.4 is 10.2 Å².